The largest absolute Gasteiger partial charge is 0.485 e. The Bertz CT molecular complexity index is 499. The maximum absolute atomic E-state index is 12.1. The normalized spacial score (nSPS) is 19.0. The van der Waals surface area contributed by atoms with Crippen LogP contribution in [-0.4, -0.2) is 30.5 Å². The van der Waals surface area contributed by atoms with Gasteiger partial charge in [-0.25, -0.2) is 0 Å². The van der Waals surface area contributed by atoms with E-state index in [4.69, 9.17) is 21.1 Å². The Morgan fingerprint density at radius 1 is 1.38 bits per heavy atom. The summed E-state index contributed by atoms with van der Waals surface area (Å²) in [5, 5.41) is 2.74. The van der Waals surface area contributed by atoms with Gasteiger partial charge in [-0.1, -0.05) is 32.9 Å². The van der Waals surface area contributed by atoms with E-state index in [1.807, 2.05) is 18.2 Å². The summed E-state index contributed by atoms with van der Waals surface area (Å²) in [7, 11) is 0. The number of rotatable bonds is 4. The van der Waals surface area contributed by atoms with Crippen LogP contribution in [0, 0.1) is 5.41 Å². The van der Waals surface area contributed by atoms with Gasteiger partial charge < -0.3 is 14.8 Å². The smallest absolute Gasteiger partial charge is 0.264 e. The minimum Gasteiger partial charge on any atom is -0.485 e. The Hall–Kier alpha value is -1.42. The molecule has 1 aromatic rings. The van der Waals surface area contributed by atoms with Gasteiger partial charge in [0.2, 0.25) is 6.10 Å². The van der Waals surface area contributed by atoms with Crippen LogP contribution in [0.5, 0.6) is 11.5 Å². The average molecular weight is 312 g/mol. The standard InChI is InChI=1S/C16H22ClNO3/c1-16(2,3)8-11(17)9-18-15(19)14-10-20-12-6-4-5-7-13(12)21-14/h4-7,11,14H,8-10H2,1-3H3,(H,18,19). The zero-order valence-electron chi connectivity index (χ0n) is 12.7. The molecule has 1 heterocycles. The minimum atomic E-state index is -0.626. The van der Waals surface area contributed by atoms with Gasteiger partial charge >= 0.3 is 0 Å². The van der Waals surface area contributed by atoms with Gasteiger partial charge in [0, 0.05) is 6.54 Å². The summed E-state index contributed by atoms with van der Waals surface area (Å²) in [5.41, 5.74) is 0.139. The molecule has 0 spiro atoms. The second-order valence-electron chi connectivity index (χ2n) is 6.47. The zero-order valence-corrected chi connectivity index (χ0v) is 13.4. The van der Waals surface area contributed by atoms with Crippen LogP contribution >= 0.6 is 11.6 Å². The van der Waals surface area contributed by atoms with E-state index in [-0.39, 0.29) is 23.3 Å². The summed E-state index contributed by atoms with van der Waals surface area (Å²) in [6.07, 6.45) is 0.207. The predicted molar refractivity (Wildman–Crippen MR) is 83.1 cm³/mol. The number of carbonyl (C=O) groups excluding carboxylic acids is 1. The highest BCUT2D eigenvalue weighted by Crippen LogP contribution is 2.30. The molecule has 0 bridgehead atoms. The Morgan fingerprint density at radius 3 is 2.71 bits per heavy atom. The monoisotopic (exact) mass is 311 g/mol. The number of alkyl halides is 1. The number of hydrogen-bond donors (Lipinski definition) is 1. The predicted octanol–water partition coefficient (Wildman–Crippen LogP) is 2.99. The molecule has 0 aromatic heterocycles. The molecule has 0 fully saturated rings. The third-order valence-corrected chi connectivity index (χ3v) is 3.44. The molecular formula is C16H22ClNO3. The highest BCUT2D eigenvalue weighted by molar-refractivity contribution is 6.20. The number of nitrogens with one attached hydrogen (secondary N) is 1. The molecule has 1 aliphatic rings. The van der Waals surface area contributed by atoms with Gasteiger partial charge in [-0.15, -0.1) is 11.6 Å². The number of ether oxygens (including phenoxy) is 2. The van der Waals surface area contributed by atoms with Gasteiger partial charge in [0.25, 0.3) is 5.91 Å². The molecule has 116 valence electrons. The summed E-state index contributed by atoms with van der Waals surface area (Å²) < 4.78 is 11.2. The van der Waals surface area contributed by atoms with Crippen LogP contribution in [0.15, 0.2) is 24.3 Å². The molecule has 1 amide bonds. The second-order valence-corrected chi connectivity index (χ2v) is 7.09. The van der Waals surface area contributed by atoms with Gasteiger partial charge in [0.15, 0.2) is 11.5 Å². The molecule has 1 aromatic carbocycles. The lowest BCUT2D eigenvalue weighted by Crippen LogP contribution is -2.45. The summed E-state index contributed by atoms with van der Waals surface area (Å²) in [4.78, 5) is 12.1. The number of fused-ring (bicyclic) bond motifs is 1. The van der Waals surface area contributed by atoms with Crippen molar-refractivity contribution in [3.8, 4) is 11.5 Å². The Morgan fingerprint density at radius 2 is 2.05 bits per heavy atom. The first-order valence-electron chi connectivity index (χ1n) is 7.15. The quantitative estimate of drug-likeness (QED) is 0.870. The van der Waals surface area contributed by atoms with E-state index in [2.05, 4.69) is 26.1 Å². The maximum atomic E-state index is 12.1. The van der Waals surface area contributed by atoms with Crippen molar-refractivity contribution in [2.45, 2.75) is 38.7 Å². The number of halogens is 1. The van der Waals surface area contributed by atoms with Crippen LogP contribution < -0.4 is 14.8 Å². The van der Waals surface area contributed by atoms with E-state index in [1.54, 1.807) is 6.07 Å². The molecule has 0 saturated heterocycles. The lowest BCUT2D eigenvalue weighted by Gasteiger charge is -2.26. The van der Waals surface area contributed by atoms with Crippen LogP contribution in [0.2, 0.25) is 0 Å². The first kappa shape index (κ1) is 16.0. The Kier molecular flexibility index (Phi) is 4.99. The number of benzene rings is 1. The lowest BCUT2D eigenvalue weighted by molar-refractivity contribution is -0.130. The molecule has 1 aliphatic heterocycles. The second kappa shape index (κ2) is 6.56. The molecule has 2 rings (SSSR count). The van der Waals surface area contributed by atoms with E-state index in [1.165, 1.54) is 0 Å². The highest BCUT2D eigenvalue weighted by Gasteiger charge is 2.27. The SMILES string of the molecule is CC(C)(C)CC(Cl)CNC(=O)C1COc2ccccc2O1. The first-order chi connectivity index (χ1) is 9.85. The number of carbonyl (C=O) groups is 1. The van der Waals surface area contributed by atoms with Gasteiger partial charge in [-0.2, -0.15) is 0 Å². The molecule has 0 aliphatic carbocycles. The molecule has 21 heavy (non-hydrogen) atoms. The molecule has 2 unspecified atom stereocenters. The van der Waals surface area contributed by atoms with Crippen molar-refractivity contribution >= 4 is 17.5 Å². The van der Waals surface area contributed by atoms with Crippen molar-refractivity contribution in [3.63, 3.8) is 0 Å². The van der Waals surface area contributed by atoms with Crippen molar-refractivity contribution in [2.24, 2.45) is 5.41 Å². The fraction of sp³-hybridized carbons (Fsp3) is 0.562. The third kappa shape index (κ3) is 4.81. The van der Waals surface area contributed by atoms with Crippen molar-refractivity contribution in [3.05, 3.63) is 24.3 Å². The van der Waals surface area contributed by atoms with E-state index >= 15 is 0 Å². The maximum Gasteiger partial charge on any atom is 0.264 e. The van der Waals surface area contributed by atoms with Crippen LogP contribution in [0.3, 0.4) is 0 Å². The van der Waals surface area contributed by atoms with Crippen LogP contribution in [0.1, 0.15) is 27.2 Å². The van der Waals surface area contributed by atoms with E-state index in [0.717, 1.165) is 6.42 Å². The number of amides is 1. The topological polar surface area (TPSA) is 47.6 Å². The third-order valence-electron chi connectivity index (χ3n) is 3.13. The van der Waals surface area contributed by atoms with E-state index in [9.17, 15) is 4.79 Å². The fourth-order valence-electron chi connectivity index (χ4n) is 2.21. The van der Waals surface area contributed by atoms with E-state index in [0.29, 0.717) is 18.0 Å². The summed E-state index contributed by atoms with van der Waals surface area (Å²) in [6.45, 7) is 7.02. The summed E-state index contributed by atoms with van der Waals surface area (Å²) in [6, 6.07) is 7.33. The van der Waals surface area contributed by atoms with Crippen molar-refractivity contribution < 1.29 is 14.3 Å². The molecule has 0 saturated carbocycles. The van der Waals surface area contributed by atoms with Gasteiger partial charge in [0.1, 0.15) is 6.61 Å². The Balaban J connectivity index is 1.82. The summed E-state index contributed by atoms with van der Waals surface area (Å²) in [5.74, 6) is 1.08. The zero-order chi connectivity index (χ0) is 15.5. The number of para-hydroxylation sites is 2. The molecule has 2 atom stereocenters. The van der Waals surface area contributed by atoms with Crippen molar-refractivity contribution in [1.82, 2.24) is 5.32 Å². The molecule has 1 N–H and O–H groups in total. The molecule has 4 nitrogen and oxygen atoms in total. The van der Waals surface area contributed by atoms with Crippen LogP contribution in [0.25, 0.3) is 0 Å². The Labute approximate surface area is 130 Å². The summed E-state index contributed by atoms with van der Waals surface area (Å²) >= 11 is 6.24. The lowest BCUT2D eigenvalue weighted by atomic mass is 9.90. The molecule has 5 heteroatoms. The molecule has 0 radical (unpaired) electrons. The van der Waals surface area contributed by atoms with Crippen molar-refractivity contribution in [1.29, 1.82) is 0 Å². The number of hydrogen-bond acceptors (Lipinski definition) is 3. The van der Waals surface area contributed by atoms with Gasteiger partial charge in [-0.3, -0.25) is 4.79 Å². The minimum absolute atomic E-state index is 0.0919. The van der Waals surface area contributed by atoms with Crippen LogP contribution in [0.4, 0.5) is 0 Å². The fourth-order valence-corrected chi connectivity index (χ4v) is 2.75. The first-order valence-corrected chi connectivity index (χ1v) is 7.59. The average Bonchev–Trinajstić information content (AvgIpc) is 2.42. The molecular weight excluding hydrogens is 290 g/mol. The van der Waals surface area contributed by atoms with E-state index < -0.39 is 6.10 Å². The van der Waals surface area contributed by atoms with Crippen molar-refractivity contribution in [2.75, 3.05) is 13.2 Å². The van der Waals surface area contributed by atoms with Gasteiger partial charge in [-0.05, 0) is 24.0 Å². The van der Waals surface area contributed by atoms with Gasteiger partial charge in [0.05, 0.1) is 5.38 Å². The highest BCUT2D eigenvalue weighted by atomic mass is 35.5. The van der Waals surface area contributed by atoms with Crippen LogP contribution in [-0.2, 0) is 4.79 Å².